The van der Waals surface area contributed by atoms with Gasteiger partial charge in [-0.1, -0.05) is 84.4 Å². The maximum atomic E-state index is 12.8. The summed E-state index contributed by atoms with van der Waals surface area (Å²) in [5.74, 6) is -0.209. The molecular weight excluding hydrogens is 356 g/mol. The number of hydrogen-bond donors (Lipinski definition) is 1. The molecule has 3 aromatic carbocycles. The number of halogens is 1. The van der Waals surface area contributed by atoms with Crippen LogP contribution in [0, 0.1) is 5.92 Å². The van der Waals surface area contributed by atoms with E-state index in [4.69, 9.17) is 11.6 Å². The van der Waals surface area contributed by atoms with Gasteiger partial charge in [0.25, 0.3) is 0 Å². The Morgan fingerprint density at radius 1 is 0.963 bits per heavy atom. The molecule has 0 unspecified atom stereocenters. The van der Waals surface area contributed by atoms with Crippen LogP contribution in [-0.4, -0.2) is 12.1 Å². The van der Waals surface area contributed by atoms with Gasteiger partial charge in [0.2, 0.25) is 5.91 Å². The average molecular weight is 375 g/mol. The molecule has 0 saturated heterocycles. The second-order valence-electron chi connectivity index (χ2n) is 6.75. The molecule has 0 heterocycles. The van der Waals surface area contributed by atoms with Crippen LogP contribution in [0.3, 0.4) is 0 Å². The van der Waals surface area contributed by atoms with Gasteiger partial charge < -0.3 is 0 Å². The van der Waals surface area contributed by atoms with Crippen LogP contribution in [0.15, 0.2) is 90.0 Å². The summed E-state index contributed by atoms with van der Waals surface area (Å²) < 4.78 is 0. The standard InChI is InChI=1S/C23H19ClN2O/c24-20-13-7-8-17(14-20)16-25-26-22(27)21-15-23(21,18-9-3-1-4-10-18)19-11-5-2-6-12-19/h1-14,16,21H,15H2,(H,26,27)/b25-16+/t21-/m1/s1. The monoisotopic (exact) mass is 374 g/mol. The highest BCUT2D eigenvalue weighted by molar-refractivity contribution is 6.30. The Morgan fingerprint density at radius 3 is 2.19 bits per heavy atom. The molecule has 1 N–H and O–H groups in total. The van der Waals surface area contributed by atoms with Crippen molar-refractivity contribution in [2.24, 2.45) is 11.0 Å². The molecule has 1 saturated carbocycles. The third-order valence-electron chi connectivity index (χ3n) is 5.09. The summed E-state index contributed by atoms with van der Waals surface area (Å²) in [7, 11) is 0. The van der Waals surface area contributed by atoms with Gasteiger partial charge in [-0.05, 0) is 35.2 Å². The minimum Gasteiger partial charge on any atom is -0.273 e. The predicted octanol–water partition coefficient (Wildman–Crippen LogP) is 4.80. The number of nitrogens with zero attached hydrogens (tertiary/aromatic N) is 1. The first-order valence-electron chi connectivity index (χ1n) is 8.90. The summed E-state index contributed by atoms with van der Waals surface area (Å²) in [5.41, 5.74) is 5.58. The van der Waals surface area contributed by atoms with Gasteiger partial charge in [0.15, 0.2) is 0 Å². The lowest BCUT2D eigenvalue weighted by Crippen LogP contribution is -2.25. The zero-order chi connectivity index (χ0) is 18.7. The van der Waals surface area contributed by atoms with Crippen LogP contribution >= 0.6 is 11.6 Å². The molecule has 0 aromatic heterocycles. The molecule has 0 radical (unpaired) electrons. The van der Waals surface area contributed by atoms with Crippen LogP contribution in [0.5, 0.6) is 0 Å². The van der Waals surface area contributed by atoms with E-state index in [1.807, 2.05) is 48.5 Å². The summed E-state index contributed by atoms with van der Waals surface area (Å²) in [5, 5.41) is 4.75. The quantitative estimate of drug-likeness (QED) is 0.506. The SMILES string of the molecule is O=C(N/N=C/c1cccc(Cl)c1)[C@H]1CC1(c1ccccc1)c1ccccc1. The van der Waals surface area contributed by atoms with Crippen LogP contribution in [0.1, 0.15) is 23.1 Å². The molecule has 4 heteroatoms. The zero-order valence-corrected chi connectivity index (χ0v) is 15.4. The van der Waals surface area contributed by atoms with Crippen molar-refractivity contribution in [2.45, 2.75) is 11.8 Å². The second kappa shape index (κ2) is 7.37. The van der Waals surface area contributed by atoms with E-state index in [1.54, 1.807) is 18.3 Å². The average Bonchev–Trinajstić information content (AvgIpc) is 3.47. The zero-order valence-electron chi connectivity index (χ0n) is 14.7. The number of hydrazone groups is 1. The van der Waals surface area contributed by atoms with Crippen molar-refractivity contribution >= 4 is 23.7 Å². The number of carbonyl (C=O) groups is 1. The number of rotatable bonds is 5. The maximum Gasteiger partial charge on any atom is 0.244 e. The topological polar surface area (TPSA) is 41.5 Å². The third-order valence-corrected chi connectivity index (χ3v) is 5.33. The van der Waals surface area contributed by atoms with Crippen LogP contribution in [0.4, 0.5) is 0 Å². The first kappa shape index (κ1) is 17.5. The Balaban J connectivity index is 1.54. The highest BCUT2D eigenvalue weighted by atomic mass is 35.5. The molecule has 1 amide bonds. The number of amides is 1. The number of nitrogens with one attached hydrogen (secondary N) is 1. The van der Waals surface area contributed by atoms with Crippen molar-refractivity contribution in [3.8, 4) is 0 Å². The van der Waals surface area contributed by atoms with Crippen molar-refractivity contribution in [3.05, 3.63) is 107 Å². The fourth-order valence-corrected chi connectivity index (χ4v) is 3.89. The number of benzene rings is 3. The largest absolute Gasteiger partial charge is 0.273 e. The Hall–Kier alpha value is -2.91. The van der Waals surface area contributed by atoms with E-state index in [9.17, 15) is 4.79 Å². The van der Waals surface area contributed by atoms with Gasteiger partial charge in [-0.15, -0.1) is 0 Å². The molecule has 0 spiro atoms. The lowest BCUT2D eigenvalue weighted by atomic mass is 9.85. The normalized spacial score (nSPS) is 17.6. The lowest BCUT2D eigenvalue weighted by molar-refractivity contribution is -0.122. The van der Waals surface area contributed by atoms with Gasteiger partial charge in [-0.2, -0.15) is 5.10 Å². The Bertz CT molecular complexity index is 930. The summed E-state index contributed by atoms with van der Waals surface area (Å²) in [6.45, 7) is 0. The van der Waals surface area contributed by atoms with Gasteiger partial charge >= 0.3 is 0 Å². The minimum absolute atomic E-state index is 0.0685. The van der Waals surface area contributed by atoms with Crippen LogP contribution in [0.25, 0.3) is 0 Å². The van der Waals surface area contributed by atoms with Gasteiger partial charge in [-0.3, -0.25) is 4.79 Å². The Labute approximate surface area is 163 Å². The van der Waals surface area contributed by atoms with Crippen LogP contribution in [-0.2, 0) is 10.2 Å². The summed E-state index contributed by atoms with van der Waals surface area (Å²) in [4.78, 5) is 12.8. The van der Waals surface area contributed by atoms with E-state index in [-0.39, 0.29) is 17.2 Å². The predicted molar refractivity (Wildman–Crippen MR) is 109 cm³/mol. The fraction of sp³-hybridized carbons (Fsp3) is 0.130. The molecule has 1 aliphatic rings. The lowest BCUT2D eigenvalue weighted by Gasteiger charge is -2.18. The summed E-state index contributed by atoms with van der Waals surface area (Å²) in [6, 6.07) is 27.8. The van der Waals surface area contributed by atoms with E-state index in [2.05, 4.69) is 34.8 Å². The van der Waals surface area contributed by atoms with Crippen molar-refractivity contribution in [1.82, 2.24) is 5.43 Å². The van der Waals surface area contributed by atoms with E-state index in [0.717, 1.165) is 23.1 Å². The van der Waals surface area contributed by atoms with E-state index in [0.29, 0.717) is 5.02 Å². The molecule has 3 nitrogen and oxygen atoms in total. The molecule has 134 valence electrons. The maximum absolute atomic E-state index is 12.8. The summed E-state index contributed by atoms with van der Waals surface area (Å²) in [6.07, 6.45) is 2.39. The smallest absolute Gasteiger partial charge is 0.244 e. The van der Waals surface area contributed by atoms with Gasteiger partial charge in [0.05, 0.1) is 12.1 Å². The molecule has 3 aromatic rings. The van der Waals surface area contributed by atoms with Gasteiger partial charge in [0, 0.05) is 10.4 Å². The Morgan fingerprint density at radius 2 is 1.59 bits per heavy atom. The van der Waals surface area contributed by atoms with Crippen LogP contribution < -0.4 is 5.43 Å². The van der Waals surface area contributed by atoms with E-state index in [1.165, 1.54) is 0 Å². The van der Waals surface area contributed by atoms with Crippen molar-refractivity contribution < 1.29 is 4.79 Å². The third kappa shape index (κ3) is 3.51. The number of hydrogen-bond acceptors (Lipinski definition) is 2. The number of carbonyl (C=O) groups excluding carboxylic acids is 1. The van der Waals surface area contributed by atoms with Crippen molar-refractivity contribution in [1.29, 1.82) is 0 Å². The molecule has 0 bridgehead atoms. The first-order valence-corrected chi connectivity index (χ1v) is 9.27. The highest BCUT2D eigenvalue weighted by Crippen LogP contribution is 2.58. The molecule has 1 atom stereocenters. The van der Waals surface area contributed by atoms with Crippen molar-refractivity contribution in [3.63, 3.8) is 0 Å². The van der Waals surface area contributed by atoms with Gasteiger partial charge in [-0.25, -0.2) is 5.43 Å². The molecular formula is C23H19ClN2O. The van der Waals surface area contributed by atoms with Crippen molar-refractivity contribution in [2.75, 3.05) is 0 Å². The second-order valence-corrected chi connectivity index (χ2v) is 7.19. The molecule has 4 rings (SSSR count). The van der Waals surface area contributed by atoms with E-state index >= 15 is 0 Å². The minimum atomic E-state index is -0.280. The highest BCUT2D eigenvalue weighted by Gasteiger charge is 2.60. The fourth-order valence-electron chi connectivity index (χ4n) is 3.69. The molecule has 0 aliphatic heterocycles. The van der Waals surface area contributed by atoms with Gasteiger partial charge in [0.1, 0.15) is 0 Å². The molecule has 1 fully saturated rings. The first-order chi connectivity index (χ1) is 13.2. The molecule has 1 aliphatic carbocycles. The summed E-state index contributed by atoms with van der Waals surface area (Å²) >= 11 is 5.97. The Kier molecular flexibility index (Phi) is 4.78. The van der Waals surface area contributed by atoms with Crippen LogP contribution in [0.2, 0.25) is 5.02 Å². The van der Waals surface area contributed by atoms with E-state index < -0.39 is 0 Å². The molecule has 27 heavy (non-hydrogen) atoms.